The van der Waals surface area contributed by atoms with E-state index in [1.165, 1.54) is 57.7 Å². The van der Waals surface area contributed by atoms with E-state index in [1.807, 2.05) is 6.07 Å². The molecule has 1 aromatic carbocycles. The van der Waals surface area contributed by atoms with Gasteiger partial charge in [-0.2, -0.15) is 4.37 Å². The van der Waals surface area contributed by atoms with Crippen LogP contribution in [0.5, 0.6) is 5.75 Å². The van der Waals surface area contributed by atoms with E-state index in [9.17, 15) is 8.42 Å². The quantitative estimate of drug-likeness (QED) is 0.699. The molecule has 3 aliphatic rings. The van der Waals surface area contributed by atoms with Crippen LogP contribution < -0.4 is 9.46 Å². The van der Waals surface area contributed by atoms with Crippen LogP contribution in [-0.2, 0) is 10.0 Å². The molecular formula is C22H30N4O3S2. The van der Waals surface area contributed by atoms with Crippen molar-refractivity contribution in [2.24, 2.45) is 5.92 Å². The van der Waals surface area contributed by atoms with Crippen molar-refractivity contribution in [3.8, 4) is 5.75 Å². The van der Waals surface area contributed by atoms with Gasteiger partial charge in [-0.25, -0.2) is 13.4 Å². The van der Waals surface area contributed by atoms with Gasteiger partial charge in [0.25, 0.3) is 10.0 Å². The van der Waals surface area contributed by atoms with Crippen LogP contribution in [0.2, 0.25) is 0 Å². The highest BCUT2D eigenvalue weighted by Crippen LogP contribution is 2.43. The van der Waals surface area contributed by atoms with E-state index < -0.39 is 10.0 Å². The summed E-state index contributed by atoms with van der Waals surface area (Å²) in [6.45, 7) is 1.75. The monoisotopic (exact) mass is 462 g/mol. The highest BCUT2D eigenvalue weighted by atomic mass is 32.2. The maximum absolute atomic E-state index is 12.8. The normalized spacial score (nSPS) is 25.5. The van der Waals surface area contributed by atoms with Crippen molar-refractivity contribution >= 4 is 26.7 Å². The van der Waals surface area contributed by atoms with Crippen LogP contribution in [-0.4, -0.2) is 41.9 Å². The van der Waals surface area contributed by atoms with Gasteiger partial charge in [-0.05, 0) is 44.2 Å². The lowest BCUT2D eigenvalue weighted by molar-refractivity contribution is 0.0260. The van der Waals surface area contributed by atoms with Gasteiger partial charge < -0.3 is 4.74 Å². The number of hydrogen-bond acceptors (Lipinski definition) is 7. The van der Waals surface area contributed by atoms with E-state index in [1.54, 1.807) is 12.1 Å². The van der Waals surface area contributed by atoms with E-state index in [4.69, 9.17) is 4.74 Å². The molecule has 7 nitrogen and oxygen atoms in total. The second-order valence-electron chi connectivity index (χ2n) is 8.90. The second kappa shape index (κ2) is 9.03. The van der Waals surface area contributed by atoms with Gasteiger partial charge in [-0.3, -0.25) is 9.62 Å². The molecule has 31 heavy (non-hydrogen) atoms. The predicted molar refractivity (Wildman–Crippen MR) is 121 cm³/mol. The highest BCUT2D eigenvalue weighted by Gasteiger charge is 2.37. The third-order valence-corrected chi connectivity index (χ3v) is 9.12. The van der Waals surface area contributed by atoms with Crippen LogP contribution >= 0.6 is 11.5 Å². The van der Waals surface area contributed by atoms with Gasteiger partial charge in [-0.15, -0.1) is 0 Å². The van der Waals surface area contributed by atoms with Crippen molar-refractivity contribution in [2.45, 2.75) is 74.8 Å². The molecule has 168 valence electrons. The smallest absolute Gasteiger partial charge is 0.263 e. The van der Waals surface area contributed by atoms with Crippen LogP contribution in [0.1, 0.15) is 69.4 Å². The molecule has 1 N–H and O–H groups in total. The summed E-state index contributed by atoms with van der Waals surface area (Å²) in [5, 5.41) is 0.264. The molecule has 2 fully saturated rings. The Morgan fingerprint density at radius 1 is 1.06 bits per heavy atom. The number of likely N-dealkylation sites (tertiary alicyclic amines) is 1. The number of anilines is 1. The summed E-state index contributed by atoms with van der Waals surface area (Å²) < 4.78 is 37.9. The fourth-order valence-corrected chi connectivity index (χ4v) is 7.32. The molecule has 5 rings (SSSR count). The first-order valence-corrected chi connectivity index (χ1v) is 13.7. The van der Waals surface area contributed by atoms with E-state index in [-0.39, 0.29) is 10.0 Å². The molecular weight excluding hydrogens is 432 g/mol. The zero-order chi connectivity index (χ0) is 21.3. The van der Waals surface area contributed by atoms with Gasteiger partial charge in [0.2, 0.25) is 5.13 Å². The van der Waals surface area contributed by atoms with E-state index in [0.29, 0.717) is 24.4 Å². The van der Waals surface area contributed by atoms with Crippen molar-refractivity contribution in [1.29, 1.82) is 0 Å². The predicted octanol–water partition coefficient (Wildman–Crippen LogP) is 4.60. The van der Waals surface area contributed by atoms with Crippen molar-refractivity contribution in [3.63, 3.8) is 0 Å². The van der Waals surface area contributed by atoms with Gasteiger partial charge in [0.05, 0.1) is 11.5 Å². The number of rotatable bonds is 5. The Hall–Kier alpha value is -1.71. The van der Waals surface area contributed by atoms with Gasteiger partial charge in [-0.1, -0.05) is 31.7 Å². The maximum Gasteiger partial charge on any atom is 0.263 e. The van der Waals surface area contributed by atoms with Crippen LogP contribution in [0.3, 0.4) is 0 Å². The minimum atomic E-state index is -3.72. The van der Waals surface area contributed by atoms with Crippen LogP contribution in [0.4, 0.5) is 5.13 Å². The Balaban J connectivity index is 1.40. The van der Waals surface area contributed by atoms with Crippen LogP contribution in [0, 0.1) is 5.92 Å². The number of benzene rings is 1. The number of hydrogen-bond donors (Lipinski definition) is 1. The fraction of sp³-hybridized carbons (Fsp3) is 0.636. The minimum absolute atomic E-state index is 0.199. The Morgan fingerprint density at radius 2 is 1.90 bits per heavy atom. The van der Waals surface area contributed by atoms with Gasteiger partial charge >= 0.3 is 0 Å². The second-order valence-corrected chi connectivity index (χ2v) is 11.4. The summed E-state index contributed by atoms with van der Waals surface area (Å²) >= 11 is 1.02. The molecule has 1 aliphatic carbocycles. The zero-order valence-electron chi connectivity index (χ0n) is 17.7. The molecule has 2 aliphatic heterocycles. The summed E-state index contributed by atoms with van der Waals surface area (Å²) in [6.07, 6.45) is 13.0. The minimum Gasteiger partial charge on any atom is -0.493 e. The fourth-order valence-electron chi connectivity index (χ4n) is 5.65. The Labute approximate surface area is 188 Å². The number of piperidine rings is 1. The molecule has 0 spiro atoms. The summed E-state index contributed by atoms with van der Waals surface area (Å²) in [4.78, 5) is 6.85. The first-order chi connectivity index (χ1) is 15.1. The van der Waals surface area contributed by atoms with Crippen molar-refractivity contribution in [3.05, 3.63) is 30.1 Å². The van der Waals surface area contributed by atoms with Crippen LogP contribution in [0.15, 0.2) is 29.4 Å². The number of fused-ring (bicyclic) bond motifs is 1. The average Bonchev–Trinajstić information content (AvgIpc) is 3.31. The lowest BCUT2D eigenvalue weighted by Crippen LogP contribution is -2.47. The Bertz CT molecular complexity index is 990. The Morgan fingerprint density at radius 3 is 2.71 bits per heavy atom. The SMILES string of the molecule is O=S(=O)(Nc1ncns1)c1ccc2c(c1)OCC[C@@H]2N1CCCC[C@H]1C1CCCCC1. The summed E-state index contributed by atoms with van der Waals surface area (Å²) in [5.74, 6) is 1.50. The van der Waals surface area contributed by atoms with Crippen LogP contribution in [0.25, 0.3) is 0 Å². The molecule has 9 heteroatoms. The summed E-state index contributed by atoms with van der Waals surface area (Å²) in [5.41, 5.74) is 1.13. The molecule has 0 radical (unpaired) electrons. The molecule has 0 amide bonds. The van der Waals surface area contributed by atoms with Crippen molar-refractivity contribution < 1.29 is 13.2 Å². The topological polar surface area (TPSA) is 84.4 Å². The third kappa shape index (κ3) is 4.45. The lowest BCUT2D eigenvalue weighted by Gasteiger charge is -2.47. The third-order valence-electron chi connectivity index (χ3n) is 7.07. The zero-order valence-corrected chi connectivity index (χ0v) is 19.3. The number of nitrogens with one attached hydrogen (secondary N) is 1. The first-order valence-electron chi connectivity index (χ1n) is 11.4. The number of aromatic nitrogens is 2. The average molecular weight is 463 g/mol. The van der Waals surface area contributed by atoms with Gasteiger partial charge in [0.1, 0.15) is 12.1 Å². The number of ether oxygens (including phenoxy) is 1. The molecule has 1 saturated carbocycles. The standard InChI is InChI=1S/C22H30N4O3S2/c27-31(28,25-22-23-15-24-30-22)17-9-10-18-20(11-13-29-21(18)14-17)26-12-5-4-8-19(26)16-6-2-1-3-7-16/h9-10,14-16,19-20H,1-8,11-13H2,(H,23,24,25)/t19-,20-/m0/s1. The number of sulfonamides is 1. The molecule has 2 atom stereocenters. The molecule has 0 bridgehead atoms. The Kier molecular flexibility index (Phi) is 6.16. The van der Waals surface area contributed by atoms with Crippen molar-refractivity contribution in [1.82, 2.24) is 14.3 Å². The summed E-state index contributed by atoms with van der Waals surface area (Å²) in [7, 11) is -3.72. The maximum atomic E-state index is 12.8. The molecule has 0 unspecified atom stereocenters. The van der Waals surface area contributed by atoms with Crippen molar-refractivity contribution in [2.75, 3.05) is 17.9 Å². The van der Waals surface area contributed by atoms with Gasteiger partial charge in [0, 0.05) is 41.7 Å². The highest BCUT2D eigenvalue weighted by molar-refractivity contribution is 7.93. The van der Waals surface area contributed by atoms with E-state index in [0.717, 1.165) is 36.0 Å². The van der Waals surface area contributed by atoms with Gasteiger partial charge in [0.15, 0.2) is 0 Å². The molecule has 3 heterocycles. The number of nitrogens with zero attached hydrogens (tertiary/aromatic N) is 3. The molecule has 2 aromatic rings. The first kappa shape index (κ1) is 21.2. The lowest BCUT2D eigenvalue weighted by atomic mass is 9.78. The molecule has 1 aromatic heterocycles. The largest absolute Gasteiger partial charge is 0.493 e. The molecule has 1 saturated heterocycles. The summed E-state index contributed by atoms with van der Waals surface area (Å²) in [6, 6.07) is 6.28. The van der Waals surface area contributed by atoms with E-state index >= 15 is 0 Å². The van der Waals surface area contributed by atoms with E-state index in [2.05, 4.69) is 19.0 Å².